The number of hydrogen-bond acceptors (Lipinski definition) is 4. The molecule has 1 heterocycles. The molecule has 0 aromatic heterocycles. The average molecular weight is 430 g/mol. The molecule has 3 rings (SSSR count). The van der Waals surface area contributed by atoms with Crippen LogP contribution < -0.4 is 15.5 Å². The van der Waals surface area contributed by atoms with Gasteiger partial charge in [0.05, 0.1) is 0 Å². The van der Waals surface area contributed by atoms with Gasteiger partial charge in [0.25, 0.3) is 0 Å². The van der Waals surface area contributed by atoms with E-state index in [4.69, 9.17) is 9.73 Å². The van der Waals surface area contributed by atoms with Gasteiger partial charge in [-0.1, -0.05) is 24.6 Å². The van der Waals surface area contributed by atoms with E-state index in [9.17, 15) is 0 Å². The van der Waals surface area contributed by atoms with Gasteiger partial charge >= 0.3 is 0 Å². The summed E-state index contributed by atoms with van der Waals surface area (Å²) in [6.07, 6.45) is 7.45. The molecule has 1 aromatic carbocycles. The molecule has 174 valence electrons. The summed E-state index contributed by atoms with van der Waals surface area (Å²) in [4.78, 5) is 10.0. The monoisotopic (exact) mass is 429 g/mol. The van der Waals surface area contributed by atoms with Gasteiger partial charge in [0.1, 0.15) is 0 Å². The van der Waals surface area contributed by atoms with E-state index in [2.05, 4.69) is 57.7 Å². The van der Waals surface area contributed by atoms with Crippen molar-refractivity contribution in [2.75, 3.05) is 71.0 Å². The summed E-state index contributed by atoms with van der Waals surface area (Å²) in [5, 5.41) is 6.96. The lowest BCUT2D eigenvalue weighted by Gasteiger charge is -2.40. The van der Waals surface area contributed by atoms with Crippen LogP contribution in [0.25, 0.3) is 0 Å². The molecular formula is C25H43N5O. The van der Waals surface area contributed by atoms with E-state index in [0.717, 1.165) is 64.8 Å². The van der Waals surface area contributed by atoms with Crippen molar-refractivity contribution in [2.24, 2.45) is 10.4 Å². The molecule has 0 amide bonds. The van der Waals surface area contributed by atoms with Crippen molar-refractivity contribution in [2.45, 2.75) is 45.4 Å². The Hall–Kier alpha value is -1.79. The van der Waals surface area contributed by atoms with E-state index in [-0.39, 0.29) is 0 Å². The van der Waals surface area contributed by atoms with E-state index in [0.29, 0.717) is 5.41 Å². The molecule has 1 aliphatic carbocycles. The Morgan fingerprint density at radius 1 is 1.06 bits per heavy atom. The Labute approximate surface area is 189 Å². The van der Waals surface area contributed by atoms with Crippen LogP contribution in [-0.4, -0.2) is 76.9 Å². The highest BCUT2D eigenvalue weighted by Crippen LogP contribution is 2.44. The predicted octanol–water partition coefficient (Wildman–Crippen LogP) is 3.35. The van der Waals surface area contributed by atoms with E-state index in [1.54, 1.807) is 7.11 Å². The molecular weight excluding hydrogens is 386 g/mol. The Balaban J connectivity index is 1.30. The number of aliphatic imine (C=N–C) groups is 1. The molecule has 6 nitrogen and oxygen atoms in total. The summed E-state index contributed by atoms with van der Waals surface area (Å²) in [6, 6.07) is 10.8. The molecule has 31 heavy (non-hydrogen) atoms. The molecule has 6 heteroatoms. The fourth-order valence-corrected chi connectivity index (χ4v) is 4.61. The summed E-state index contributed by atoms with van der Waals surface area (Å²) < 4.78 is 5.31. The number of benzene rings is 1. The fourth-order valence-electron chi connectivity index (χ4n) is 4.61. The molecule has 2 N–H and O–H groups in total. The smallest absolute Gasteiger partial charge is 0.191 e. The molecule has 0 radical (unpaired) electrons. The summed E-state index contributed by atoms with van der Waals surface area (Å²) >= 11 is 0. The standard InChI is InChI=1S/C25H43N5O/c1-3-26-24(28-22-25(12-9-13-25)14-21-31-2)27-15-7-8-16-29-17-19-30(20-18-29)23-10-5-4-6-11-23/h4-6,10-11H,3,7-9,12-22H2,1-2H3,(H2,26,27,28). The average Bonchev–Trinajstić information content (AvgIpc) is 2.79. The minimum Gasteiger partial charge on any atom is -0.385 e. The normalized spacial score (nSPS) is 19.2. The molecule has 0 spiro atoms. The zero-order valence-electron chi connectivity index (χ0n) is 19.7. The zero-order valence-corrected chi connectivity index (χ0v) is 19.7. The Morgan fingerprint density at radius 3 is 2.48 bits per heavy atom. The van der Waals surface area contributed by atoms with Gasteiger partial charge < -0.3 is 20.3 Å². The van der Waals surface area contributed by atoms with Crippen molar-refractivity contribution in [3.05, 3.63) is 30.3 Å². The van der Waals surface area contributed by atoms with Crippen LogP contribution in [0.3, 0.4) is 0 Å². The second-order valence-electron chi connectivity index (χ2n) is 9.09. The molecule has 0 unspecified atom stereocenters. The number of unbranched alkanes of at least 4 members (excludes halogenated alkanes) is 1. The number of hydrogen-bond donors (Lipinski definition) is 2. The number of methoxy groups -OCH3 is 1. The van der Waals surface area contributed by atoms with E-state index in [1.165, 1.54) is 44.3 Å². The van der Waals surface area contributed by atoms with Crippen LogP contribution in [0.2, 0.25) is 0 Å². The van der Waals surface area contributed by atoms with Crippen LogP contribution in [-0.2, 0) is 4.74 Å². The highest BCUT2D eigenvalue weighted by atomic mass is 16.5. The number of rotatable bonds is 12. The number of guanidine groups is 1. The van der Waals surface area contributed by atoms with Crippen molar-refractivity contribution in [1.29, 1.82) is 0 Å². The Morgan fingerprint density at radius 2 is 1.84 bits per heavy atom. The first-order chi connectivity index (χ1) is 15.2. The highest BCUT2D eigenvalue weighted by Gasteiger charge is 2.36. The first-order valence-corrected chi connectivity index (χ1v) is 12.3. The maximum atomic E-state index is 5.31. The lowest BCUT2D eigenvalue weighted by Crippen LogP contribution is -2.46. The summed E-state index contributed by atoms with van der Waals surface area (Å²) in [5.41, 5.74) is 1.73. The number of anilines is 1. The molecule has 1 aliphatic heterocycles. The van der Waals surface area contributed by atoms with Gasteiger partial charge in [-0.2, -0.15) is 0 Å². The highest BCUT2D eigenvalue weighted by molar-refractivity contribution is 5.79. The van der Waals surface area contributed by atoms with Crippen LogP contribution in [0.5, 0.6) is 0 Å². The second kappa shape index (κ2) is 12.9. The molecule has 0 atom stereocenters. The molecule has 0 bridgehead atoms. The van der Waals surface area contributed by atoms with Gasteiger partial charge in [-0.15, -0.1) is 0 Å². The third kappa shape index (κ3) is 7.69. The van der Waals surface area contributed by atoms with Crippen LogP contribution in [0.15, 0.2) is 35.3 Å². The summed E-state index contributed by atoms with van der Waals surface area (Å²) in [7, 11) is 1.80. The van der Waals surface area contributed by atoms with Crippen LogP contribution in [0.4, 0.5) is 5.69 Å². The quantitative estimate of drug-likeness (QED) is 0.303. The number of piperazine rings is 1. The van der Waals surface area contributed by atoms with Crippen molar-refractivity contribution in [3.8, 4) is 0 Å². The number of para-hydroxylation sites is 1. The van der Waals surface area contributed by atoms with Crippen LogP contribution in [0.1, 0.15) is 45.4 Å². The third-order valence-electron chi connectivity index (χ3n) is 6.85. The first-order valence-electron chi connectivity index (χ1n) is 12.3. The van der Waals surface area contributed by atoms with Gasteiger partial charge in [0.15, 0.2) is 5.96 Å². The van der Waals surface area contributed by atoms with Crippen LogP contribution in [0, 0.1) is 5.41 Å². The second-order valence-corrected chi connectivity index (χ2v) is 9.09. The van der Waals surface area contributed by atoms with E-state index in [1.807, 2.05) is 0 Å². The van der Waals surface area contributed by atoms with E-state index >= 15 is 0 Å². The number of nitrogens with one attached hydrogen (secondary N) is 2. The van der Waals surface area contributed by atoms with Crippen molar-refractivity contribution in [3.63, 3.8) is 0 Å². The van der Waals surface area contributed by atoms with Gasteiger partial charge in [0.2, 0.25) is 0 Å². The topological polar surface area (TPSA) is 52.1 Å². The summed E-state index contributed by atoms with van der Waals surface area (Å²) in [5.74, 6) is 0.975. The van der Waals surface area contributed by atoms with Gasteiger partial charge in [-0.05, 0) is 63.1 Å². The largest absolute Gasteiger partial charge is 0.385 e. The summed E-state index contributed by atoms with van der Waals surface area (Å²) in [6.45, 7) is 11.6. The van der Waals surface area contributed by atoms with Crippen molar-refractivity contribution in [1.82, 2.24) is 15.5 Å². The van der Waals surface area contributed by atoms with Crippen LogP contribution >= 0.6 is 0 Å². The molecule has 1 aromatic rings. The first kappa shape index (κ1) is 23.9. The van der Waals surface area contributed by atoms with Gasteiger partial charge in [0, 0.05) is 65.2 Å². The maximum Gasteiger partial charge on any atom is 0.191 e. The molecule has 2 fully saturated rings. The van der Waals surface area contributed by atoms with E-state index < -0.39 is 0 Å². The number of nitrogens with zero attached hydrogens (tertiary/aromatic N) is 3. The maximum absolute atomic E-state index is 5.31. The molecule has 1 saturated heterocycles. The lowest BCUT2D eigenvalue weighted by molar-refractivity contribution is 0.0778. The fraction of sp³-hybridized carbons (Fsp3) is 0.720. The predicted molar refractivity (Wildman–Crippen MR) is 131 cm³/mol. The van der Waals surface area contributed by atoms with Crippen molar-refractivity contribution < 1.29 is 4.74 Å². The zero-order chi connectivity index (χ0) is 21.8. The minimum absolute atomic E-state index is 0.375. The lowest BCUT2D eigenvalue weighted by atomic mass is 9.67. The van der Waals surface area contributed by atoms with Gasteiger partial charge in [-0.25, -0.2) is 0 Å². The van der Waals surface area contributed by atoms with Gasteiger partial charge in [-0.3, -0.25) is 9.89 Å². The number of ether oxygens (including phenoxy) is 1. The minimum atomic E-state index is 0.375. The Kier molecular flexibility index (Phi) is 9.94. The molecule has 1 saturated carbocycles. The molecule has 2 aliphatic rings. The third-order valence-corrected chi connectivity index (χ3v) is 6.85. The Bertz CT molecular complexity index is 639. The SMILES string of the molecule is CCNC(=NCC1(CCOC)CCC1)NCCCCN1CCN(c2ccccc2)CC1. The van der Waals surface area contributed by atoms with Crippen molar-refractivity contribution >= 4 is 11.6 Å².